The van der Waals surface area contributed by atoms with E-state index in [9.17, 15) is 5.11 Å². The molecule has 1 unspecified atom stereocenters. The standard InChI is InChI=1S/C29H29N2O3P/c1-29(2,3)21-18-19-25(32)24(20-21)31-30-23-14-8-10-16-27(23)35(33,22-12-6-5-7-13-22)28-17-11-9-15-26(28)34-4/h5-20,32H,1-4H3. The molecular weight excluding hydrogens is 455 g/mol. The average Bonchev–Trinajstić information content (AvgIpc) is 2.87. The lowest BCUT2D eigenvalue weighted by molar-refractivity contribution is 0.418. The van der Waals surface area contributed by atoms with Crippen LogP contribution in [0.5, 0.6) is 11.5 Å². The minimum absolute atomic E-state index is 0.0372. The van der Waals surface area contributed by atoms with Crippen molar-refractivity contribution in [2.75, 3.05) is 7.11 Å². The summed E-state index contributed by atoms with van der Waals surface area (Å²) in [5.41, 5.74) is 1.75. The van der Waals surface area contributed by atoms with Crippen molar-refractivity contribution in [1.82, 2.24) is 0 Å². The van der Waals surface area contributed by atoms with E-state index >= 15 is 4.57 Å². The number of azo groups is 1. The molecule has 0 saturated heterocycles. The maximum Gasteiger partial charge on any atom is 0.176 e. The lowest BCUT2D eigenvalue weighted by atomic mass is 9.87. The Labute approximate surface area is 206 Å². The Balaban J connectivity index is 1.90. The van der Waals surface area contributed by atoms with Crippen LogP contribution in [0, 0.1) is 0 Å². The summed E-state index contributed by atoms with van der Waals surface area (Å²) in [7, 11) is -1.80. The number of aromatic hydroxyl groups is 1. The van der Waals surface area contributed by atoms with E-state index < -0.39 is 7.14 Å². The van der Waals surface area contributed by atoms with Crippen LogP contribution >= 0.6 is 7.14 Å². The van der Waals surface area contributed by atoms with Gasteiger partial charge in [-0.3, -0.25) is 0 Å². The monoisotopic (exact) mass is 484 g/mol. The minimum atomic E-state index is -3.38. The highest BCUT2D eigenvalue weighted by molar-refractivity contribution is 7.85. The van der Waals surface area contributed by atoms with E-state index in [1.165, 1.54) is 0 Å². The summed E-state index contributed by atoms with van der Waals surface area (Å²) in [6.45, 7) is 6.29. The van der Waals surface area contributed by atoms with Crippen molar-refractivity contribution in [3.63, 3.8) is 0 Å². The van der Waals surface area contributed by atoms with Gasteiger partial charge in [0, 0.05) is 10.6 Å². The molecule has 4 aromatic carbocycles. The molecule has 5 nitrogen and oxygen atoms in total. The SMILES string of the molecule is COc1ccccc1P(=O)(c1ccccc1)c1ccccc1N=Nc1cc(C(C)(C)C)ccc1O. The highest BCUT2D eigenvalue weighted by Gasteiger charge is 2.34. The molecule has 1 N–H and O–H groups in total. The molecule has 0 fully saturated rings. The second-order valence-electron chi connectivity index (χ2n) is 9.26. The van der Waals surface area contributed by atoms with Crippen molar-refractivity contribution >= 4 is 34.4 Å². The highest BCUT2D eigenvalue weighted by Crippen LogP contribution is 2.47. The second-order valence-corrected chi connectivity index (χ2v) is 12.0. The molecule has 0 spiro atoms. The van der Waals surface area contributed by atoms with Gasteiger partial charge in [0.25, 0.3) is 0 Å². The van der Waals surface area contributed by atoms with Gasteiger partial charge in [0.2, 0.25) is 0 Å². The summed E-state index contributed by atoms with van der Waals surface area (Å²) in [4.78, 5) is 0. The Hall–Kier alpha value is -3.69. The Morgan fingerprint density at radius 2 is 1.34 bits per heavy atom. The van der Waals surface area contributed by atoms with E-state index in [4.69, 9.17) is 4.74 Å². The molecule has 0 aliphatic rings. The Bertz CT molecular complexity index is 1410. The molecule has 0 aromatic heterocycles. The van der Waals surface area contributed by atoms with Gasteiger partial charge in [-0.15, -0.1) is 10.2 Å². The van der Waals surface area contributed by atoms with Crippen LogP contribution < -0.4 is 20.7 Å². The molecule has 0 heterocycles. The summed E-state index contributed by atoms with van der Waals surface area (Å²) >= 11 is 0. The molecule has 4 aromatic rings. The number of ether oxygens (including phenoxy) is 1. The van der Waals surface area contributed by atoms with Gasteiger partial charge in [0.15, 0.2) is 7.14 Å². The molecule has 178 valence electrons. The summed E-state index contributed by atoms with van der Waals surface area (Å²) in [5.74, 6) is 0.581. The zero-order valence-electron chi connectivity index (χ0n) is 20.3. The second kappa shape index (κ2) is 9.89. The van der Waals surface area contributed by atoms with Gasteiger partial charge >= 0.3 is 0 Å². The number of rotatable bonds is 6. The Morgan fingerprint density at radius 1 is 0.743 bits per heavy atom. The van der Waals surface area contributed by atoms with Gasteiger partial charge < -0.3 is 14.4 Å². The molecule has 0 amide bonds. The number of phenols is 1. The van der Waals surface area contributed by atoms with Gasteiger partial charge in [-0.1, -0.05) is 81.4 Å². The first-order valence-corrected chi connectivity index (χ1v) is 13.1. The van der Waals surface area contributed by atoms with Crippen molar-refractivity contribution in [1.29, 1.82) is 0 Å². The van der Waals surface area contributed by atoms with Crippen LogP contribution in [0.15, 0.2) is 107 Å². The summed E-state index contributed by atoms with van der Waals surface area (Å²) in [6, 6.07) is 29.3. The zero-order valence-corrected chi connectivity index (χ0v) is 21.2. The molecule has 0 aliphatic carbocycles. The fraction of sp³-hybridized carbons (Fsp3) is 0.172. The molecule has 0 saturated carbocycles. The van der Waals surface area contributed by atoms with Gasteiger partial charge in [-0.2, -0.15) is 0 Å². The van der Waals surface area contributed by atoms with Gasteiger partial charge in [-0.25, -0.2) is 0 Å². The number of nitrogens with zero attached hydrogens (tertiary/aromatic N) is 2. The number of hydrogen-bond donors (Lipinski definition) is 1. The molecule has 4 rings (SSSR count). The Kier molecular flexibility index (Phi) is 6.90. The number of hydrogen-bond acceptors (Lipinski definition) is 5. The van der Waals surface area contributed by atoms with Crippen LogP contribution in [0.1, 0.15) is 26.3 Å². The third-order valence-electron chi connectivity index (χ3n) is 5.87. The average molecular weight is 485 g/mol. The van der Waals surface area contributed by atoms with Crippen molar-refractivity contribution < 1.29 is 14.4 Å². The number of para-hydroxylation sites is 1. The predicted molar refractivity (Wildman–Crippen MR) is 143 cm³/mol. The molecular formula is C29H29N2O3P. The van der Waals surface area contributed by atoms with Crippen molar-refractivity contribution in [2.24, 2.45) is 10.2 Å². The van der Waals surface area contributed by atoms with Gasteiger partial charge in [-0.05, 0) is 47.4 Å². The first-order chi connectivity index (χ1) is 16.7. The molecule has 0 aliphatic heterocycles. The van der Waals surface area contributed by atoms with Crippen LogP contribution in [0.3, 0.4) is 0 Å². The largest absolute Gasteiger partial charge is 0.506 e. The molecule has 6 heteroatoms. The quantitative estimate of drug-likeness (QED) is 0.243. The highest BCUT2D eigenvalue weighted by atomic mass is 31.2. The summed E-state index contributed by atoms with van der Waals surface area (Å²) < 4.78 is 20.7. The third-order valence-corrected chi connectivity index (χ3v) is 9.00. The minimum Gasteiger partial charge on any atom is -0.506 e. The van der Waals surface area contributed by atoms with Crippen molar-refractivity contribution in [3.8, 4) is 11.5 Å². The molecule has 0 radical (unpaired) electrons. The van der Waals surface area contributed by atoms with Crippen LogP contribution in [0.25, 0.3) is 0 Å². The maximum atomic E-state index is 15.1. The van der Waals surface area contributed by atoms with E-state index in [1.807, 2.05) is 84.9 Å². The number of benzene rings is 4. The molecule has 1 atom stereocenters. The predicted octanol–water partition coefficient (Wildman–Crippen LogP) is 6.75. The van der Waals surface area contributed by atoms with Crippen molar-refractivity contribution in [3.05, 3.63) is 103 Å². The lowest BCUT2D eigenvalue weighted by Crippen LogP contribution is -2.26. The first kappa shape index (κ1) is 24.4. The van der Waals surface area contributed by atoms with E-state index in [-0.39, 0.29) is 11.2 Å². The van der Waals surface area contributed by atoms with Crippen molar-refractivity contribution in [2.45, 2.75) is 26.2 Å². The lowest BCUT2D eigenvalue weighted by Gasteiger charge is -2.23. The number of methoxy groups -OCH3 is 1. The fourth-order valence-electron chi connectivity index (χ4n) is 3.93. The third kappa shape index (κ3) is 4.91. The summed E-state index contributed by atoms with van der Waals surface area (Å²) in [5, 5.41) is 21.1. The molecule has 35 heavy (non-hydrogen) atoms. The first-order valence-electron chi connectivity index (χ1n) is 11.4. The number of phenolic OH excluding ortho intramolecular Hbond substituents is 1. The smallest absolute Gasteiger partial charge is 0.176 e. The van der Waals surface area contributed by atoms with E-state index in [2.05, 4.69) is 31.0 Å². The normalized spacial score (nSPS) is 13.5. The topological polar surface area (TPSA) is 71.2 Å². The summed E-state index contributed by atoms with van der Waals surface area (Å²) in [6.07, 6.45) is 0. The molecule has 0 bridgehead atoms. The Morgan fingerprint density at radius 3 is 2.03 bits per heavy atom. The maximum absolute atomic E-state index is 15.1. The zero-order chi connectivity index (χ0) is 25.1. The van der Waals surface area contributed by atoms with Crippen LogP contribution in [-0.4, -0.2) is 12.2 Å². The van der Waals surface area contributed by atoms with E-state index in [1.54, 1.807) is 19.2 Å². The van der Waals surface area contributed by atoms with Crippen LogP contribution in [0.2, 0.25) is 0 Å². The van der Waals surface area contributed by atoms with Gasteiger partial charge in [0.1, 0.15) is 17.2 Å². The fourth-order valence-corrected chi connectivity index (χ4v) is 6.85. The van der Waals surface area contributed by atoms with Crippen LogP contribution in [-0.2, 0) is 9.98 Å². The van der Waals surface area contributed by atoms with E-state index in [0.717, 1.165) is 5.56 Å². The van der Waals surface area contributed by atoms with E-state index in [0.29, 0.717) is 33.0 Å². The van der Waals surface area contributed by atoms with Crippen LogP contribution in [0.4, 0.5) is 11.4 Å². The van der Waals surface area contributed by atoms with Gasteiger partial charge in [0.05, 0.1) is 18.1 Å².